The summed E-state index contributed by atoms with van der Waals surface area (Å²) >= 11 is 0. The van der Waals surface area contributed by atoms with Crippen LogP contribution in [0.3, 0.4) is 0 Å². The summed E-state index contributed by atoms with van der Waals surface area (Å²) in [6, 6.07) is 10.3. The van der Waals surface area contributed by atoms with Crippen LogP contribution in [0.2, 0.25) is 0 Å². The van der Waals surface area contributed by atoms with Gasteiger partial charge < -0.3 is 19.5 Å². The zero-order chi connectivity index (χ0) is 13.4. The van der Waals surface area contributed by atoms with Gasteiger partial charge in [-0.25, -0.2) is 4.98 Å². The van der Waals surface area contributed by atoms with Crippen molar-refractivity contribution in [2.45, 2.75) is 6.04 Å². The maximum absolute atomic E-state index is 5.51. The van der Waals surface area contributed by atoms with E-state index in [1.807, 2.05) is 18.2 Å². The molecule has 0 aliphatic carbocycles. The van der Waals surface area contributed by atoms with Crippen molar-refractivity contribution in [3.8, 4) is 11.6 Å². The third-order valence-electron chi connectivity index (χ3n) is 3.58. The van der Waals surface area contributed by atoms with Crippen molar-refractivity contribution in [3.05, 3.63) is 42.2 Å². The van der Waals surface area contributed by atoms with Crippen LogP contribution >= 0.6 is 0 Å². The molecule has 3 heterocycles. The molecule has 0 spiro atoms. The van der Waals surface area contributed by atoms with E-state index in [0.29, 0.717) is 6.61 Å². The number of morpholine rings is 1. The van der Waals surface area contributed by atoms with Crippen LogP contribution in [0.4, 0.5) is 0 Å². The number of hydrogen-bond acceptors (Lipinski definition) is 4. The normalized spacial score (nSPS) is 19.5. The second kappa shape index (κ2) is 4.77. The van der Waals surface area contributed by atoms with Gasteiger partial charge in [0.15, 0.2) is 11.6 Å². The highest BCUT2D eigenvalue weighted by molar-refractivity contribution is 5.79. The Bertz CT molecular complexity index is 712. The fourth-order valence-electron chi connectivity index (χ4n) is 2.55. The molecule has 3 aromatic rings. The fraction of sp³-hybridized carbons (Fsp3) is 0.267. The van der Waals surface area contributed by atoms with E-state index in [4.69, 9.17) is 9.15 Å². The summed E-state index contributed by atoms with van der Waals surface area (Å²) in [5.74, 6) is 1.51. The van der Waals surface area contributed by atoms with Crippen LogP contribution in [0.25, 0.3) is 22.6 Å². The Kier molecular flexibility index (Phi) is 2.79. The van der Waals surface area contributed by atoms with Crippen LogP contribution in [-0.4, -0.2) is 29.7 Å². The first kappa shape index (κ1) is 11.7. The van der Waals surface area contributed by atoms with Crippen LogP contribution in [0.1, 0.15) is 11.6 Å². The first-order valence-electron chi connectivity index (χ1n) is 6.75. The molecule has 1 aliphatic heterocycles. The van der Waals surface area contributed by atoms with E-state index in [1.54, 1.807) is 6.26 Å². The minimum absolute atomic E-state index is 0.253. The Hall–Kier alpha value is -2.11. The molecule has 0 saturated carbocycles. The molecule has 1 unspecified atom stereocenters. The van der Waals surface area contributed by atoms with Crippen LogP contribution < -0.4 is 5.32 Å². The lowest BCUT2D eigenvalue weighted by atomic mass is 10.1. The molecule has 0 bridgehead atoms. The highest BCUT2D eigenvalue weighted by Crippen LogP contribution is 2.24. The Labute approximate surface area is 116 Å². The second-order valence-electron chi connectivity index (χ2n) is 4.92. The molecular formula is C15H15N3O2. The van der Waals surface area contributed by atoms with Crippen molar-refractivity contribution in [2.24, 2.45) is 0 Å². The van der Waals surface area contributed by atoms with E-state index in [2.05, 4.69) is 27.4 Å². The molecule has 4 rings (SSSR count). The van der Waals surface area contributed by atoms with Gasteiger partial charge in [0.1, 0.15) is 0 Å². The molecule has 1 fully saturated rings. The van der Waals surface area contributed by atoms with Gasteiger partial charge >= 0.3 is 0 Å². The Morgan fingerprint density at radius 1 is 1.25 bits per heavy atom. The number of ether oxygens (including phenoxy) is 1. The van der Waals surface area contributed by atoms with Gasteiger partial charge in [0.2, 0.25) is 0 Å². The topological polar surface area (TPSA) is 63.1 Å². The summed E-state index contributed by atoms with van der Waals surface area (Å²) in [5, 5.41) is 3.46. The van der Waals surface area contributed by atoms with E-state index in [1.165, 1.54) is 5.56 Å². The summed E-state index contributed by atoms with van der Waals surface area (Å²) in [7, 11) is 0. The molecule has 0 radical (unpaired) electrons. The van der Waals surface area contributed by atoms with E-state index in [9.17, 15) is 0 Å². The predicted octanol–water partition coefficient (Wildman–Crippen LogP) is 2.48. The van der Waals surface area contributed by atoms with Crippen LogP contribution in [0.15, 0.2) is 41.0 Å². The van der Waals surface area contributed by atoms with Crippen molar-refractivity contribution in [3.63, 3.8) is 0 Å². The second-order valence-corrected chi connectivity index (χ2v) is 4.92. The van der Waals surface area contributed by atoms with Gasteiger partial charge in [-0.3, -0.25) is 0 Å². The van der Waals surface area contributed by atoms with Gasteiger partial charge in [-0.1, -0.05) is 6.07 Å². The number of aromatic nitrogens is 2. The van der Waals surface area contributed by atoms with E-state index >= 15 is 0 Å². The lowest BCUT2D eigenvalue weighted by Crippen LogP contribution is -2.34. The van der Waals surface area contributed by atoms with Crippen molar-refractivity contribution in [1.82, 2.24) is 15.3 Å². The summed E-state index contributed by atoms with van der Waals surface area (Å²) < 4.78 is 10.9. The van der Waals surface area contributed by atoms with E-state index in [0.717, 1.165) is 35.8 Å². The number of imidazole rings is 1. The van der Waals surface area contributed by atoms with Crippen LogP contribution in [0, 0.1) is 0 Å². The molecule has 5 nitrogen and oxygen atoms in total. The zero-order valence-electron chi connectivity index (χ0n) is 10.9. The largest absolute Gasteiger partial charge is 0.461 e. The molecule has 2 N–H and O–H groups in total. The SMILES string of the molecule is c1coc(-c2nc3ccc(C4COCCN4)cc3[nH]2)c1. The molecule has 102 valence electrons. The summed E-state index contributed by atoms with van der Waals surface area (Å²) in [5.41, 5.74) is 3.17. The third-order valence-corrected chi connectivity index (χ3v) is 3.58. The molecular weight excluding hydrogens is 254 g/mol. The molecule has 1 atom stereocenters. The lowest BCUT2D eigenvalue weighted by Gasteiger charge is -2.24. The van der Waals surface area contributed by atoms with Crippen molar-refractivity contribution in [2.75, 3.05) is 19.8 Å². The summed E-state index contributed by atoms with van der Waals surface area (Å²) in [6.07, 6.45) is 1.65. The summed E-state index contributed by atoms with van der Waals surface area (Å²) in [4.78, 5) is 7.84. The lowest BCUT2D eigenvalue weighted by molar-refractivity contribution is 0.0769. The van der Waals surface area contributed by atoms with Crippen molar-refractivity contribution < 1.29 is 9.15 Å². The summed E-state index contributed by atoms with van der Waals surface area (Å²) in [6.45, 7) is 2.39. The van der Waals surface area contributed by atoms with Crippen LogP contribution in [-0.2, 0) is 4.74 Å². The van der Waals surface area contributed by atoms with Gasteiger partial charge in [-0.15, -0.1) is 0 Å². The number of nitrogens with one attached hydrogen (secondary N) is 2. The Balaban J connectivity index is 1.72. The number of furan rings is 1. The average Bonchev–Trinajstić information content (AvgIpc) is 3.16. The molecule has 2 aromatic heterocycles. The zero-order valence-corrected chi connectivity index (χ0v) is 10.9. The maximum atomic E-state index is 5.51. The predicted molar refractivity (Wildman–Crippen MR) is 75.4 cm³/mol. The van der Waals surface area contributed by atoms with Gasteiger partial charge in [-0.2, -0.15) is 0 Å². The van der Waals surface area contributed by atoms with Gasteiger partial charge in [0, 0.05) is 6.54 Å². The van der Waals surface area contributed by atoms with Crippen LogP contribution in [0.5, 0.6) is 0 Å². The minimum Gasteiger partial charge on any atom is -0.461 e. The number of aromatic amines is 1. The highest BCUT2D eigenvalue weighted by atomic mass is 16.5. The Morgan fingerprint density at radius 2 is 2.25 bits per heavy atom. The third kappa shape index (κ3) is 2.01. The quantitative estimate of drug-likeness (QED) is 0.750. The number of benzene rings is 1. The molecule has 5 heteroatoms. The van der Waals surface area contributed by atoms with Gasteiger partial charge in [0.05, 0.1) is 36.6 Å². The minimum atomic E-state index is 0.253. The monoisotopic (exact) mass is 269 g/mol. The standard InChI is InChI=1S/C15H15N3O2/c1-2-14(20-6-1)15-17-11-4-3-10(8-12(11)18-15)13-9-19-7-5-16-13/h1-4,6,8,13,16H,5,7,9H2,(H,17,18). The van der Waals surface area contributed by atoms with Gasteiger partial charge in [-0.05, 0) is 29.8 Å². The van der Waals surface area contributed by atoms with Crippen molar-refractivity contribution >= 4 is 11.0 Å². The van der Waals surface area contributed by atoms with Crippen molar-refractivity contribution in [1.29, 1.82) is 0 Å². The first-order valence-corrected chi connectivity index (χ1v) is 6.75. The van der Waals surface area contributed by atoms with E-state index in [-0.39, 0.29) is 6.04 Å². The molecule has 1 aliphatic rings. The number of H-pyrrole nitrogens is 1. The number of fused-ring (bicyclic) bond motifs is 1. The first-order chi connectivity index (χ1) is 9.90. The number of hydrogen-bond donors (Lipinski definition) is 2. The molecule has 1 saturated heterocycles. The molecule has 0 amide bonds. The fourth-order valence-corrected chi connectivity index (χ4v) is 2.55. The highest BCUT2D eigenvalue weighted by Gasteiger charge is 2.16. The molecule has 20 heavy (non-hydrogen) atoms. The maximum Gasteiger partial charge on any atom is 0.174 e. The van der Waals surface area contributed by atoms with Gasteiger partial charge in [0.25, 0.3) is 0 Å². The average molecular weight is 269 g/mol. The number of nitrogens with zero attached hydrogens (tertiary/aromatic N) is 1. The molecule has 1 aromatic carbocycles. The number of rotatable bonds is 2. The smallest absolute Gasteiger partial charge is 0.174 e. The van der Waals surface area contributed by atoms with E-state index < -0.39 is 0 Å². The Morgan fingerprint density at radius 3 is 3.05 bits per heavy atom.